The summed E-state index contributed by atoms with van der Waals surface area (Å²) in [6, 6.07) is 26.3. The van der Waals surface area contributed by atoms with Gasteiger partial charge in [-0.05, 0) is 55.2 Å². The van der Waals surface area contributed by atoms with Gasteiger partial charge in [0.25, 0.3) is 0 Å². The Balaban J connectivity index is 1.57. The number of benzene rings is 3. The van der Waals surface area contributed by atoms with Gasteiger partial charge >= 0.3 is 0 Å². The maximum atomic E-state index is 13.6. The van der Waals surface area contributed by atoms with E-state index in [1.807, 2.05) is 73.7 Å². The van der Waals surface area contributed by atoms with Crippen molar-refractivity contribution in [2.45, 2.75) is 37.6 Å². The molecule has 190 valence electrons. The molecule has 0 bridgehead atoms. The van der Waals surface area contributed by atoms with E-state index in [4.69, 9.17) is 4.74 Å². The second kappa shape index (κ2) is 11.3. The number of ether oxygens (including phenoxy) is 1. The lowest BCUT2D eigenvalue weighted by Gasteiger charge is -2.42. The Kier molecular flexibility index (Phi) is 8.11. The minimum atomic E-state index is -3.69. The Morgan fingerprint density at radius 2 is 1.69 bits per heavy atom. The van der Waals surface area contributed by atoms with E-state index in [2.05, 4.69) is 0 Å². The standard InChI is InChI=1S/C29H34N2O4S/c1-24-11-9-16-27(19-24)36(33,34)31-18-10-17-29(22-31,23-35-26-14-7-4-8-15-26)20-28(32)30(2)21-25-12-5-3-6-13-25/h3-9,11-16,19H,10,17-18,20-23H2,1-2H3. The van der Waals surface area contributed by atoms with Gasteiger partial charge in [0.15, 0.2) is 0 Å². The number of aryl methyl sites for hydroxylation is 1. The number of amides is 1. The number of rotatable bonds is 9. The van der Waals surface area contributed by atoms with E-state index >= 15 is 0 Å². The van der Waals surface area contributed by atoms with Crippen LogP contribution in [0.4, 0.5) is 0 Å². The van der Waals surface area contributed by atoms with Crippen LogP contribution in [0, 0.1) is 12.3 Å². The lowest BCUT2D eigenvalue weighted by molar-refractivity contribution is -0.134. The molecule has 3 aromatic rings. The summed E-state index contributed by atoms with van der Waals surface area (Å²) < 4.78 is 34.8. The van der Waals surface area contributed by atoms with Crippen LogP contribution in [0.2, 0.25) is 0 Å². The molecule has 0 aromatic heterocycles. The van der Waals surface area contributed by atoms with Gasteiger partial charge in [0.2, 0.25) is 15.9 Å². The Labute approximate surface area is 214 Å². The van der Waals surface area contributed by atoms with Gasteiger partial charge in [-0.1, -0.05) is 60.7 Å². The van der Waals surface area contributed by atoms with Crippen LogP contribution in [-0.2, 0) is 21.4 Å². The SMILES string of the molecule is Cc1cccc(S(=O)(=O)N2CCCC(COc3ccccc3)(CC(=O)N(C)Cc3ccccc3)C2)c1. The summed E-state index contributed by atoms with van der Waals surface area (Å²) in [6.45, 7) is 3.31. The van der Waals surface area contributed by atoms with E-state index in [1.54, 1.807) is 30.1 Å². The van der Waals surface area contributed by atoms with Crippen LogP contribution in [0.1, 0.15) is 30.4 Å². The highest BCUT2D eigenvalue weighted by Gasteiger charge is 2.43. The first kappa shape index (κ1) is 25.9. The normalized spacial score (nSPS) is 18.5. The Bertz CT molecular complexity index is 1260. The fraction of sp³-hybridized carbons (Fsp3) is 0.345. The van der Waals surface area contributed by atoms with Gasteiger partial charge < -0.3 is 9.64 Å². The van der Waals surface area contributed by atoms with Gasteiger partial charge in [-0.25, -0.2) is 8.42 Å². The van der Waals surface area contributed by atoms with Crippen LogP contribution in [0.5, 0.6) is 5.75 Å². The maximum absolute atomic E-state index is 13.6. The molecule has 1 atom stereocenters. The first-order valence-corrected chi connectivity index (χ1v) is 13.7. The van der Waals surface area contributed by atoms with Gasteiger partial charge in [0.05, 0.1) is 11.5 Å². The number of piperidine rings is 1. The molecule has 0 radical (unpaired) electrons. The van der Waals surface area contributed by atoms with Crippen LogP contribution >= 0.6 is 0 Å². The number of nitrogens with zero attached hydrogens (tertiary/aromatic N) is 2. The van der Waals surface area contributed by atoms with Crippen LogP contribution < -0.4 is 4.74 Å². The highest BCUT2D eigenvalue weighted by molar-refractivity contribution is 7.89. The van der Waals surface area contributed by atoms with Crippen molar-refractivity contribution in [3.8, 4) is 5.75 Å². The highest BCUT2D eigenvalue weighted by atomic mass is 32.2. The van der Waals surface area contributed by atoms with E-state index in [1.165, 1.54) is 4.31 Å². The second-order valence-electron chi connectivity index (χ2n) is 9.77. The second-order valence-corrected chi connectivity index (χ2v) is 11.7. The molecule has 1 unspecified atom stereocenters. The fourth-order valence-electron chi connectivity index (χ4n) is 4.76. The van der Waals surface area contributed by atoms with Crippen LogP contribution in [0.15, 0.2) is 89.8 Å². The van der Waals surface area contributed by atoms with Gasteiger partial charge in [0.1, 0.15) is 5.75 Å². The third kappa shape index (κ3) is 6.33. The largest absolute Gasteiger partial charge is 0.493 e. The van der Waals surface area contributed by atoms with E-state index in [9.17, 15) is 13.2 Å². The minimum absolute atomic E-state index is 0.0229. The lowest BCUT2D eigenvalue weighted by Crippen LogP contribution is -2.50. The average molecular weight is 507 g/mol. The highest BCUT2D eigenvalue weighted by Crippen LogP contribution is 2.37. The summed E-state index contributed by atoms with van der Waals surface area (Å²) in [5.41, 5.74) is 1.31. The van der Waals surface area contributed by atoms with Gasteiger partial charge in [-0.2, -0.15) is 4.31 Å². The predicted molar refractivity (Wildman–Crippen MR) is 141 cm³/mol. The molecule has 0 spiro atoms. The first-order chi connectivity index (χ1) is 17.3. The smallest absolute Gasteiger partial charge is 0.243 e. The number of sulfonamides is 1. The molecule has 1 amide bonds. The van der Waals surface area contributed by atoms with Crippen molar-refractivity contribution in [3.63, 3.8) is 0 Å². The van der Waals surface area contributed by atoms with Crippen LogP contribution in [0.25, 0.3) is 0 Å². The first-order valence-electron chi connectivity index (χ1n) is 12.3. The minimum Gasteiger partial charge on any atom is -0.493 e. The summed E-state index contributed by atoms with van der Waals surface area (Å²) in [4.78, 5) is 15.4. The number of hydrogen-bond donors (Lipinski definition) is 0. The maximum Gasteiger partial charge on any atom is 0.243 e. The molecule has 7 heteroatoms. The zero-order valence-electron chi connectivity index (χ0n) is 21.0. The summed E-state index contributed by atoms with van der Waals surface area (Å²) >= 11 is 0. The molecule has 1 saturated heterocycles. The quantitative estimate of drug-likeness (QED) is 0.414. The Morgan fingerprint density at radius 3 is 2.39 bits per heavy atom. The molecule has 4 rings (SSSR count). The van der Waals surface area contributed by atoms with Crippen molar-refractivity contribution in [2.75, 3.05) is 26.7 Å². The van der Waals surface area contributed by atoms with E-state index in [0.717, 1.165) is 11.1 Å². The number of hydrogen-bond acceptors (Lipinski definition) is 4. The molecule has 1 aliphatic rings. The molecule has 1 fully saturated rings. The van der Waals surface area contributed by atoms with Gasteiger partial charge in [0, 0.05) is 38.5 Å². The van der Waals surface area contributed by atoms with Crippen molar-refractivity contribution in [1.82, 2.24) is 9.21 Å². The molecule has 1 aliphatic heterocycles. The number of para-hydroxylation sites is 1. The van der Waals surface area contributed by atoms with Gasteiger partial charge in [-0.15, -0.1) is 0 Å². The lowest BCUT2D eigenvalue weighted by atomic mass is 9.78. The number of carbonyl (C=O) groups excluding carboxylic acids is 1. The number of carbonyl (C=O) groups is 1. The third-order valence-electron chi connectivity index (χ3n) is 6.76. The van der Waals surface area contributed by atoms with Crippen molar-refractivity contribution in [1.29, 1.82) is 0 Å². The summed E-state index contributed by atoms with van der Waals surface area (Å²) in [5.74, 6) is 0.686. The van der Waals surface area contributed by atoms with Gasteiger partial charge in [-0.3, -0.25) is 4.79 Å². The molecular weight excluding hydrogens is 472 g/mol. The van der Waals surface area contributed by atoms with Crippen LogP contribution in [0.3, 0.4) is 0 Å². The topological polar surface area (TPSA) is 66.9 Å². The van der Waals surface area contributed by atoms with E-state index < -0.39 is 15.4 Å². The molecule has 0 aliphatic carbocycles. The Hall–Kier alpha value is -3.16. The third-order valence-corrected chi connectivity index (χ3v) is 8.60. The molecular formula is C29H34N2O4S. The zero-order chi connectivity index (χ0) is 25.6. The van der Waals surface area contributed by atoms with E-state index in [-0.39, 0.29) is 30.4 Å². The van der Waals surface area contributed by atoms with Crippen molar-refractivity contribution in [2.24, 2.45) is 5.41 Å². The predicted octanol–water partition coefficient (Wildman–Crippen LogP) is 4.89. The van der Waals surface area contributed by atoms with E-state index in [0.29, 0.717) is 31.7 Å². The van der Waals surface area contributed by atoms with Crippen molar-refractivity contribution >= 4 is 15.9 Å². The van der Waals surface area contributed by atoms with Crippen molar-refractivity contribution in [3.05, 3.63) is 96.1 Å². The zero-order valence-corrected chi connectivity index (χ0v) is 21.8. The average Bonchev–Trinajstić information content (AvgIpc) is 2.89. The van der Waals surface area contributed by atoms with Crippen LogP contribution in [-0.4, -0.2) is 50.3 Å². The summed E-state index contributed by atoms with van der Waals surface area (Å²) in [7, 11) is -1.89. The fourth-order valence-corrected chi connectivity index (χ4v) is 6.46. The summed E-state index contributed by atoms with van der Waals surface area (Å²) in [5, 5.41) is 0. The molecule has 0 saturated carbocycles. The molecule has 3 aromatic carbocycles. The molecule has 36 heavy (non-hydrogen) atoms. The monoisotopic (exact) mass is 506 g/mol. The molecule has 6 nitrogen and oxygen atoms in total. The summed E-state index contributed by atoms with van der Waals surface area (Å²) in [6.07, 6.45) is 1.59. The Morgan fingerprint density at radius 1 is 1.00 bits per heavy atom. The van der Waals surface area contributed by atoms with Crippen molar-refractivity contribution < 1.29 is 17.9 Å². The molecule has 0 N–H and O–H groups in total. The molecule has 1 heterocycles.